The monoisotopic (exact) mass is 586 g/mol. The van der Waals surface area contributed by atoms with Crippen molar-refractivity contribution in [2.75, 3.05) is 6.26 Å². The molecule has 0 atom stereocenters. The number of benzene rings is 2. The van der Waals surface area contributed by atoms with Crippen LogP contribution in [0.5, 0.6) is 0 Å². The average Bonchev–Trinajstić information content (AvgIpc) is 3.29. The smallest absolute Gasteiger partial charge is 0.403 e. The fourth-order valence-electron chi connectivity index (χ4n) is 3.81. The van der Waals surface area contributed by atoms with Gasteiger partial charge in [0.05, 0.1) is 16.4 Å². The van der Waals surface area contributed by atoms with E-state index in [-0.39, 0.29) is 34.1 Å². The van der Waals surface area contributed by atoms with E-state index >= 15 is 0 Å². The first-order valence-corrected chi connectivity index (χ1v) is 13.2. The van der Waals surface area contributed by atoms with Gasteiger partial charge in [0.15, 0.2) is 15.5 Å². The summed E-state index contributed by atoms with van der Waals surface area (Å²) in [5.41, 5.74) is -1.50. The van der Waals surface area contributed by atoms with Crippen molar-refractivity contribution in [2.45, 2.75) is 29.3 Å². The van der Waals surface area contributed by atoms with Gasteiger partial charge in [-0.05, 0) is 37.1 Å². The Hall–Kier alpha value is -2.70. The molecule has 0 unspecified atom stereocenters. The Kier molecular flexibility index (Phi) is 5.61. The van der Waals surface area contributed by atoms with Crippen molar-refractivity contribution in [1.29, 1.82) is 0 Å². The Morgan fingerprint density at radius 3 is 2.31 bits per heavy atom. The molecule has 13 heteroatoms. The van der Waals surface area contributed by atoms with E-state index in [1.54, 1.807) is 48.5 Å². The first-order chi connectivity index (χ1) is 16.4. The summed E-state index contributed by atoms with van der Waals surface area (Å²) in [6.45, 7) is 0. The minimum Gasteiger partial charge on any atom is -0.418 e. The fraction of sp³-hybridized carbons (Fsp3) is 0.227. The van der Waals surface area contributed by atoms with Crippen LogP contribution in [-0.4, -0.2) is 40.8 Å². The van der Waals surface area contributed by atoms with Crippen molar-refractivity contribution in [3.05, 3.63) is 63.9 Å². The van der Waals surface area contributed by atoms with Gasteiger partial charge in [0, 0.05) is 16.3 Å². The highest BCUT2D eigenvalue weighted by Gasteiger charge is 2.68. The van der Waals surface area contributed by atoms with Crippen LogP contribution in [0.15, 0.2) is 62.3 Å². The largest absolute Gasteiger partial charge is 0.418 e. The molecule has 5 rings (SSSR count). The average molecular weight is 588 g/mol. The van der Waals surface area contributed by atoms with Crippen LogP contribution in [-0.2, 0) is 15.3 Å². The second-order valence-corrected chi connectivity index (χ2v) is 11.4. The Balaban J connectivity index is 1.80. The molecule has 7 nitrogen and oxygen atoms in total. The number of alkyl halides is 3. The summed E-state index contributed by atoms with van der Waals surface area (Å²) < 4.78 is 74.3. The molecule has 182 valence electrons. The van der Waals surface area contributed by atoms with Gasteiger partial charge in [0.1, 0.15) is 10.3 Å². The van der Waals surface area contributed by atoms with Gasteiger partial charge in [-0.15, -0.1) is 10.2 Å². The number of hydrogen-bond donors (Lipinski definition) is 0. The Bertz CT molecular complexity index is 1540. The topological polar surface area (TPSA) is 90.9 Å². The lowest BCUT2D eigenvalue weighted by Gasteiger charge is -2.14. The molecule has 0 aliphatic heterocycles. The number of sulfone groups is 1. The van der Waals surface area contributed by atoms with E-state index in [0.717, 1.165) is 10.7 Å². The van der Waals surface area contributed by atoms with Crippen molar-refractivity contribution in [2.24, 2.45) is 0 Å². The summed E-state index contributed by atoms with van der Waals surface area (Å²) in [7, 11) is -4.00. The summed E-state index contributed by atoms with van der Waals surface area (Å²) in [5, 5.41) is 12.1. The Labute approximate surface area is 211 Å². The van der Waals surface area contributed by atoms with Crippen LogP contribution in [0.3, 0.4) is 0 Å². The van der Waals surface area contributed by atoms with Gasteiger partial charge in [-0.1, -0.05) is 51.8 Å². The van der Waals surface area contributed by atoms with Crippen molar-refractivity contribution < 1.29 is 26.0 Å². The molecule has 1 fully saturated rings. The molecule has 0 saturated heterocycles. The number of halogens is 5. The SMILES string of the molecule is CS(=O)(=O)c1c(-c2nnc(C3(C(F)(F)F)CC3)o2)nn(-c2ccccc2Cl)c1-c1ccc(Br)cc1. The van der Waals surface area contributed by atoms with E-state index in [1.807, 2.05) is 0 Å². The van der Waals surface area contributed by atoms with Crippen LogP contribution in [0.4, 0.5) is 13.2 Å². The van der Waals surface area contributed by atoms with Crippen molar-refractivity contribution >= 4 is 37.4 Å². The highest BCUT2D eigenvalue weighted by atomic mass is 79.9. The summed E-state index contributed by atoms with van der Waals surface area (Å²) in [6, 6.07) is 13.4. The molecule has 4 aromatic rings. The third-order valence-electron chi connectivity index (χ3n) is 5.74. The number of para-hydroxylation sites is 1. The maximum atomic E-state index is 13.6. The highest BCUT2D eigenvalue weighted by molar-refractivity contribution is 9.10. The number of aromatic nitrogens is 4. The van der Waals surface area contributed by atoms with Crippen LogP contribution in [0.2, 0.25) is 5.02 Å². The second kappa shape index (κ2) is 8.17. The number of nitrogens with zero attached hydrogens (tertiary/aromatic N) is 4. The third-order valence-corrected chi connectivity index (χ3v) is 7.72. The molecule has 0 spiro atoms. The molecule has 1 aliphatic carbocycles. The lowest BCUT2D eigenvalue weighted by Crippen LogP contribution is -2.28. The molecule has 2 heterocycles. The van der Waals surface area contributed by atoms with Crippen LogP contribution in [0, 0.1) is 0 Å². The minimum atomic E-state index is -4.57. The third kappa shape index (κ3) is 4.07. The van der Waals surface area contributed by atoms with E-state index in [9.17, 15) is 21.6 Å². The van der Waals surface area contributed by atoms with Crippen molar-refractivity contribution in [3.63, 3.8) is 0 Å². The fourth-order valence-corrected chi connectivity index (χ4v) is 5.32. The van der Waals surface area contributed by atoms with Gasteiger partial charge in [-0.25, -0.2) is 13.1 Å². The zero-order chi connectivity index (χ0) is 25.2. The zero-order valence-electron chi connectivity index (χ0n) is 17.8. The minimum absolute atomic E-state index is 0.153. The predicted octanol–water partition coefficient (Wildman–Crippen LogP) is 6.00. The standard InChI is InChI=1S/C22H15BrClF3N4O3S/c1-35(32,33)18-16(19-28-29-20(34-19)21(10-11-21)22(25,26)27)30-31(15-5-3-2-4-14(15)24)17(18)12-6-8-13(23)9-7-12/h2-9H,10-11H2,1H3. The molecule has 35 heavy (non-hydrogen) atoms. The maximum Gasteiger partial charge on any atom is 0.403 e. The molecule has 1 aliphatic rings. The summed E-state index contributed by atoms with van der Waals surface area (Å²) in [6.07, 6.45) is -3.97. The Morgan fingerprint density at radius 2 is 1.74 bits per heavy atom. The molecule has 2 aromatic carbocycles. The first-order valence-electron chi connectivity index (χ1n) is 10.2. The second-order valence-electron chi connectivity index (χ2n) is 8.16. The maximum absolute atomic E-state index is 13.6. The molecule has 2 aromatic heterocycles. The van der Waals surface area contributed by atoms with E-state index < -0.39 is 33.2 Å². The lowest BCUT2D eigenvalue weighted by atomic mass is 10.1. The zero-order valence-corrected chi connectivity index (χ0v) is 21.0. The van der Waals surface area contributed by atoms with Crippen LogP contribution in [0.1, 0.15) is 18.7 Å². The van der Waals surface area contributed by atoms with Gasteiger partial charge in [0.2, 0.25) is 5.89 Å². The van der Waals surface area contributed by atoms with E-state index in [2.05, 4.69) is 31.2 Å². The predicted molar refractivity (Wildman–Crippen MR) is 125 cm³/mol. The molecule has 0 radical (unpaired) electrons. The molecule has 0 bridgehead atoms. The van der Waals surface area contributed by atoms with Gasteiger partial charge >= 0.3 is 6.18 Å². The van der Waals surface area contributed by atoms with E-state index in [4.69, 9.17) is 16.0 Å². The van der Waals surface area contributed by atoms with Gasteiger partial charge in [-0.3, -0.25) is 0 Å². The van der Waals surface area contributed by atoms with Crippen molar-refractivity contribution in [1.82, 2.24) is 20.0 Å². The number of hydrogen-bond acceptors (Lipinski definition) is 6. The molecular formula is C22H15BrClF3N4O3S. The van der Waals surface area contributed by atoms with E-state index in [0.29, 0.717) is 11.3 Å². The molecule has 0 N–H and O–H groups in total. The van der Waals surface area contributed by atoms with Gasteiger partial charge < -0.3 is 4.42 Å². The quantitative estimate of drug-likeness (QED) is 0.284. The molecule has 0 amide bonds. The summed E-state index contributed by atoms with van der Waals surface area (Å²) >= 11 is 9.74. The molecule has 1 saturated carbocycles. The van der Waals surface area contributed by atoms with Crippen LogP contribution < -0.4 is 0 Å². The number of rotatable bonds is 5. The summed E-state index contributed by atoms with van der Waals surface area (Å²) in [5.74, 6) is -1.04. The first kappa shape index (κ1) is 24.0. The lowest BCUT2D eigenvalue weighted by molar-refractivity contribution is -0.165. The Morgan fingerprint density at radius 1 is 1.09 bits per heavy atom. The van der Waals surface area contributed by atoms with Gasteiger partial charge in [-0.2, -0.15) is 18.3 Å². The van der Waals surface area contributed by atoms with Gasteiger partial charge in [0.25, 0.3) is 5.89 Å². The normalized spacial score (nSPS) is 15.4. The van der Waals surface area contributed by atoms with Crippen LogP contribution in [0.25, 0.3) is 28.5 Å². The van der Waals surface area contributed by atoms with Crippen molar-refractivity contribution in [3.8, 4) is 28.5 Å². The summed E-state index contributed by atoms with van der Waals surface area (Å²) in [4.78, 5) is -0.271. The van der Waals surface area contributed by atoms with Crippen LogP contribution >= 0.6 is 27.5 Å². The van der Waals surface area contributed by atoms with E-state index in [1.165, 1.54) is 4.68 Å². The molecular weight excluding hydrogens is 573 g/mol. The highest BCUT2D eigenvalue weighted by Crippen LogP contribution is 2.58.